The van der Waals surface area contributed by atoms with Gasteiger partial charge in [-0.2, -0.15) is 0 Å². The van der Waals surface area contributed by atoms with Gasteiger partial charge in [0, 0.05) is 10.6 Å². The Morgan fingerprint density at radius 1 is 1.29 bits per heavy atom. The van der Waals surface area contributed by atoms with Crippen molar-refractivity contribution in [3.63, 3.8) is 0 Å². The summed E-state index contributed by atoms with van der Waals surface area (Å²) in [6.45, 7) is 5.28. The van der Waals surface area contributed by atoms with Gasteiger partial charge >= 0.3 is 6.09 Å². The fourth-order valence-corrected chi connectivity index (χ4v) is 1.43. The van der Waals surface area contributed by atoms with Crippen LogP contribution in [0, 0.1) is 0 Å². The monoisotopic (exact) mass is 256 g/mol. The first kappa shape index (κ1) is 13.7. The molecule has 6 heteroatoms. The number of carbonyl (C=O) groups is 1. The zero-order chi connectivity index (χ0) is 13.1. The number of anilines is 1. The molecule has 1 N–H and O–H groups in total. The van der Waals surface area contributed by atoms with Crippen LogP contribution in [0.25, 0.3) is 0 Å². The Kier molecular flexibility index (Phi) is 4.25. The molecular weight excluding hydrogens is 242 g/mol. The molecule has 0 spiro atoms. The molecule has 1 atom stereocenters. The highest BCUT2D eigenvalue weighted by molar-refractivity contribution is 7.79. The smallest absolute Gasteiger partial charge is 0.412 e. The van der Waals surface area contributed by atoms with Crippen molar-refractivity contribution in [1.82, 2.24) is 0 Å². The highest BCUT2D eigenvalue weighted by Gasteiger charge is 2.15. The number of benzene rings is 1. The minimum atomic E-state index is -2.26. The number of carbonyl (C=O) groups excluding carboxylic acids is 1. The molecule has 0 aliphatic carbocycles. The van der Waals surface area contributed by atoms with Crippen LogP contribution >= 0.6 is 0 Å². The van der Waals surface area contributed by atoms with Crippen LogP contribution in [0.2, 0.25) is 0 Å². The van der Waals surface area contributed by atoms with Crippen LogP contribution in [0.5, 0.6) is 0 Å². The molecule has 1 aromatic carbocycles. The Hall–Kier alpha value is -1.40. The van der Waals surface area contributed by atoms with Gasteiger partial charge in [-0.3, -0.25) is 9.53 Å². The molecule has 1 amide bonds. The predicted molar refractivity (Wildman–Crippen MR) is 63.5 cm³/mol. The molecule has 94 valence electrons. The van der Waals surface area contributed by atoms with Crippen LogP contribution in [0.15, 0.2) is 29.2 Å². The third kappa shape index (κ3) is 4.97. The summed E-state index contributed by atoms with van der Waals surface area (Å²) in [5.41, 5.74) is -0.0889. The Morgan fingerprint density at radius 3 is 2.24 bits per heavy atom. The lowest BCUT2D eigenvalue weighted by Crippen LogP contribution is -2.27. The summed E-state index contributed by atoms with van der Waals surface area (Å²) < 4.78 is 26.3. The molecule has 1 aromatic rings. The molecule has 5 nitrogen and oxygen atoms in total. The molecule has 0 aliphatic rings. The molecule has 17 heavy (non-hydrogen) atoms. The maximum Gasteiger partial charge on any atom is 0.412 e. The van der Waals surface area contributed by atoms with Crippen LogP contribution in [-0.4, -0.2) is 20.5 Å². The van der Waals surface area contributed by atoms with E-state index in [1.165, 1.54) is 24.3 Å². The van der Waals surface area contributed by atoms with Crippen LogP contribution in [0.1, 0.15) is 20.8 Å². The summed E-state index contributed by atoms with van der Waals surface area (Å²) in [6.07, 6.45) is -0.575. The van der Waals surface area contributed by atoms with Crippen molar-refractivity contribution < 1.29 is 18.3 Å². The second-order valence-electron chi connectivity index (χ2n) is 4.39. The van der Waals surface area contributed by atoms with Gasteiger partial charge in [0.1, 0.15) is 5.60 Å². The molecule has 0 aliphatic heterocycles. The van der Waals surface area contributed by atoms with Crippen LogP contribution in [-0.2, 0) is 15.8 Å². The van der Waals surface area contributed by atoms with Gasteiger partial charge in [0.25, 0.3) is 0 Å². The number of amides is 1. The number of hydrogen-bond acceptors (Lipinski definition) is 4. The summed E-state index contributed by atoms with van der Waals surface area (Å²) in [5, 5.41) is 2.50. The number of hydrogen-bond donors (Lipinski definition) is 1. The molecule has 0 saturated heterocycles. The van der Waals surface area contributed by atoms with E-state index in [0.29, 0.717) is 5.69 Å². The number of nitrogens with one attached hydrogen (secondary N) is 1. The maximum absolute atomic E-state index is 11.4. The van der Waals surface area contributed by atoms with Crippen molar-refractivity contribution >= 4 is 22.9 Å². The normalized spacial score (nSPS) is 12.9. The van der Waals surface area contributed by atoms with Crippen molar-refractivity contribution in [3.05, 3.63) is 24.3 Å². The molecule has 0 bridgehead atoms. The van der Waals surface area contributed by atoms with Gasteiger partial charge in [-0.15, -0.1) is 0 Å². The third-order valence-corrected chi connectivity index (χ3v) is 2.35. The van der Waals surface area contributed by atoms with Crippen molar-refractivity contribution in [2.45, 2.75) is 31.3 Å². The average Bonchev–Trinajstić information content (AvgIpc) is 2.15. The second-order valence-corrected chi connectivity index (χ2v) is 5.33. The molecule has 0 heterocycles. The first-order valence-electron chi connectivity index (χ1n) is 4.97. The highest BCUT2D eigenvalue weighted by atomic mass is 32.2. The van der Waals surface area contributed by atoms with Crippen molar-refractivity contribution in [2.24, 2.45) is 0 Å². The van der Waals surface area contributed by atoms with E-state index in [9.17, 15) is 13.6 Å². The summed E-state index contributed by atoms with van der Waals surface area (Å²) in [6, 6.07) is 5.79. The zero-order valence-corrected chi connectivity index (χ0v) is 10.7. The Balaban J connectivity index is 2.64. The van der Waals surface area contributed by atoms with Crippen LogP contribution < -0.4 is 5.32 Å². The molecule has 1 rings (SSSR count). The van der Waals surface area contributed by atoms with E-state index < -0.39 is 22.8 Å². The predicted octanol–water partition coefficient (Wildman–Crippen LogP) is 2.27. The van der Waals surface area contributed by atoms with Crippen molar-refractivity contribution in [2.75, 3.05) is 5.32 Å². The van der Waals surface area contributed by atoms with Crippen molar-refractivity contribution in [1.29, 1.82) is 0 Å². The maximum atomic E-state index is 11.4. The van der Waals surface area contributed by atoms with Crippen LogP contribution in [0.4, 0.5) is 10.5 Å². The summed E-state index contributed by atoms with van der Waals surface area (Å²) in [4.78, 5) is 11.6. The van der Waals surface area contributed by atoms with Crippen LogP contribution in [0.3, 0.4) is 0 Å². The van der Waals surface area contributed by atoms with E-state index in [1.807, 2.05) is 0 Å². The lowest BCUT2D eigenvalue weighted by atomic mass is 10.2. The quantitative estimate of drug-likeness (QED) is 0.823. The SMILES string of the molecule is CC(C)(C)OC(=O)Nc1ccc(S(=O)[O-])cc1. The number of ether oxygens (including phenoxy) is 1. The lowest BCUT2D eigenvalue weighted by Gasteiger charge is -2.19. The minimum absolute atomic E-state index is 0.166. The van der Waals surface area contributed by atoms with E-state index in [-0.39, 0.29) is 4.90 Å². The molecule has 0 fully saturated rings. The van der Waals surface area contributed by atoms with Gasteiger partial charge in [-0.1, -0.05) is 0 Å². The van der Waals surface area contributed by atoms with E-state index in [1.54, 1.807) is 20.8 Å². The Morgan fingerprint density at radius 2 is 1.82 bits per heavy atom. The lowest BCUT2D eigenvalue weighted by molar-refractivity contribution is 0.0636. The van der Waals surface area contributed by atoms with Gasteiger partial charge in [0.05, 0.1) is 0 Å². The molecular formula is C11H14NO4S-. The van der Waals surface area contributed by atoms with Gasteiger partial charge in [0.2, 0.25) is 0 Å². The first-order valence-corrected chi connectivity index (χ1v) is 6.05. The fourth-order valence-electron chi connectivity index (χ4n) is 1.07. The minimum Gasteiger partial charge on any atom is -0.768 e. The Labute approximate surface area is 102 Å². The van der Waals surface area contributed by atoms with E-state index in [2.05, 4.69) is 5.32 Å². The summed E-state index contributed by atoms with van der Waals surface area (Å²) >= 11 is -2.26. The van der Waals surface area contributed by atoms with Gasteiger partial charge in [-0.25, -0.2) is 4.79 Å². The first-order chi connectivity index (χ1) is 7.78. The molecule has 0 saturated carbocycles. The largest absolute Gasteiger partial charge is 0.768 e. The van der Waals surface area contributed by atoms with Gasteiger partial charge in [-0.05, 0) is 56.1 Å². The second kappa shape index (κ2) is 5.29. The topological polar surface area (TPSA) is 78.5 Å². The van der Waals surface area contributed by atoms with Gasteiger partial charge < -0.3 is 9.29 Å². The summed E-state index contributed by atoms with van der Waals surface area (Å²) in [7, 11) is 0. The van der Waals surface area contributed by atoms with E-state index >= 15 is 0 Å². The highest BCUT2D eigenvalue weighted by Crippen LogP contribution is 2.14. The number of rotatable bonds is 2. The molecule has 1 unspecified atom stereocenters. The van der Waals surface area contributed by atoms with Crippen molar-refractivity contribution in [3.8, 4) is 0 Å². The zero-order valence-electron chi connectivity index (χ0n) is 9.85. The standard InChI is InChI=1S/C11H15NO4S/c1-11(2,3)16-10(13)12-8-4-6-9(7-5-8)17(14)15/h4-7H,1-3H3,(H,12,13)(H,14,15)/p-1. The third-order valence-electron chi connectivity index (χ3n) is 1.69. The summed E-state index contributed by atoms with van der Waals surface area (Å²) in [5.74, 6) is 0. The fraction of sp³-hybridized carbons (Fsp3) is 0.364. The van der Waals surface area contributed by atoms with E-state index in [0.717, 1.165) is 0 Å². The van der Waals surface area contributed by atoms with Gasteiger partial charge in [0.15, 0.2) is 0 Å². The van der Waals surface area contributed by atoms with E-state index in [4.69, 9.17) is 4.74 Å². The molecule has 0 aromatic heterocycles. The average molecular weight is 256 g/mol. The Bertz CT molecular complexity index is 422. The molecule has 0 radical (unpaired) electrons.